The number of aryl methyl sites for hydroxylation is 1. The van der Waals surface area contributed by atoms with Crippen LogP contribution in [0.1, 0.15) is 48.7 Å². The lowest BCUT2D eigenvalue weighted by Crippen LogP contribution is -2.40. The minimum Gasteiger partial charge on any atom is -0.495 e. The smallest absolute Gasteiger partial charge is 0.419 e. The summed E-state index contributed by atoms with van der Waals surface area (Å²) in [5.74, 6) is -9.30. The second-order valence-corrected chi connectivity index (χ2v) is 40.8. The average molecular weight is 2190 g/mol. The lowest BCUT2D eigenvalue weighted by atomic mass is 10.1. The molecule has 0 spiro atoms. The molecule has 1 saturated heterocycles. The van der Waals surface area contributed by atoms with Crippen molar-refractivity contribution < 1.29 is 92.9 Å². The molecule has 18 heterocycles. The van der Waals surface area contributed by atoms with Gasteiger partial charge >= 0.3 is 12.4 Å². The molecule has 0 saturated carbocycles. The topological polar surface area (TPSA) is 460 Å². The number of ether oxygens (including phenoxy) is 3. The number of fused-ring (bicyclic) bond motifs is 5. The van der Waals surface area contributed by atoms with Gasteiger partial charge in [-0.1, -0.05) is 80.9 Å². The summed E-state index contributed by atoms with van der Waals surface area (Å²) in [5, 5.41) is 27.9. The van der Waals surface area contributed by atoms with E-state index in [0.717, 1.165) is 71.8 Å². The van der Waals surface area contributed by atoms with Crippen molar-refractivity contribution in [3.8, 4) is 121 Å². The zero-order chi connectivity index (χ0) is 106. The molecule has 17 aromatic heterocycles. The molecule has 1 aliphatic rings. The summed E-state index contributed by atoms with van der Waals surface area (Å²) in [6, 6.07) is 33.1. The maximum absolute atomic E-state index is 14.1. The zero-order valence-corrected chi connectivity index (χ0v) is 83.5. The van der Waals surface area contributed by atoms with Crippen molar-refractivity contribution in [2.45, 2.75) is 61.7 Å². The second-order valence-electron chi connectivity index (χ2n) is 32.4. The third-order valence-electron chi connectivity index (χ3n) is 22.1. The van der Waals surface area contributed by atoms with E-state index in [9.17, 15) is 78.7 Å². The van der Waals surface area contributed by atoms with Crippen molar-refractivity contribution >= 4 is 136 Å². The van der Waals surface area contributed by atoms with Crippen LogP contribution in [-0.2, 0) is 53.8 Å². The van der Waals surface area contributed by atoms with Crippen molar-refractivity contribution in [2.24, 2.45) is 0 Å². The van der Waals surface area contributed by atoms with Gasteiger partial charge in [-0.2, -0.15) is 56.1 Å². The van der Waals surface area contributed by atoms with Gasteiger partial charge in [-0.15, -0.1) is 0 Å². The van der Waals surface area contributed by atoms with Crippen LogP contribution in [0.15, 0.2) is 236 Å². The monoisotopic (exact) mass is 2190 g/mol. The number of hydrogen-bond acceptors (Lipinski definition) is 33. The highest BCUT2D eigenvalue weighted by Gasteiger charge is 2.38. The quantitative estimate of drug-likeness (QED) is 0.0442. The molecule has 1 aliphatic heterocycles. The molecule has 21 aromatic rings. The van der Waals surface area contributed by atoms with Crippen LogP contribution in [-0.4, -0.2) is 175 Å². The van der Waals surface area contributed by atoms with E-state index in [2.05, 4.69) is 95.3 Å². The number of nitrogens with two attached hydrogens (primary N) is 3. The van der Waals surface area contributed by atoms with E-state index >= 15 is 0 Å². The normalized spacial score (nSPS) is 12.7. The number of halogens is 13. The Morgan fingerprint density at radius 2 is 0.827 bits per heavy atom. The molecule has 0 radical (unpaired) electrons. The maximum Gasteiger partial charge on any atom is 0.419 e. The number of carbonyl (C=O) groups is 1. The summed E-state index contributed by atoms with van der Waals surface area (Å²) in [7, 11) is -5.22. The number of amides is 1. The van der Waals surface area contributed by atoms with Gasteiger partial charge in [-0.05, 0) is 116 Å². The summed E-state index contributed by atoms with van der Waals surface area (Å²) in [5.41, 5.74) is 22.8. The van der Waals surface area contributed by atoms with E-state index in [1.807, 2.05) is 30.3 Å². The van der Waals surface area contributed by atoms with Crippen molar-refractivity contribution in [1.82, 2.24) is 112 Å². The van der Waals surface area contributed by atoms with Crippen LogP contribution < -0.4 is 36.7 Å². The van der Waals surface area contributed by atoms with Gasteiger partial charge in [0.25, 0.3) is 21.9 Å². The number of morpholine rings is 1. The number of anilines is 5. The zero-order valence-electron chi connectivity index (χ0n) is 77.7. The molecule has 0 aliphatic carbocycles. The number of rotatable bonds is 20. The Labute approximate surface area is 857 Å². The van der Waals surface area contributed by atoms with Crippen LogP contribution in [0.3, 0.4) is 0 Å². The molecule has 4 aromatic carbocycles. The van der Waals surface area contributed by atoms with Gasteiger partial charge in [-0.3, -0.25) is 24.5 Å². The first-order valence-electron chi connectivity index (χ1n) is 43.5. The molecule has 8 N–H and O–H groups in total. The van der Waals surface area contributed by atoms with E-state index in [0.29, 0.717) is 131 Å². The Balaban J connectivity index is 0.000000123. The number of pyridine rings is 7. The number of nitrogens with zero attached hydrogens (tertiary/aromatic N) is 23. The second kappa shape index (κ2) is 41.7. The number of nitrogen functional groups attached to an aromatic ring is 3. The number of carbonyl (C=O) groups excluding carboxylic acids is 1. The fourth-order valence-electron chi connectivity index (χ4n) is 14.9. The van der Waals surface area contributed by atoms with E-state index < -0.39 is 77.7 Å². The molecular formula is C94H71F13N28O8S7. The molecular weight excluding hydrogens is 2120 g/mol. The van der Waals surface area contributed by atoms with E-state index in [4.69, 9.17) is 31.4 Å². The number of benzene rings is 4. The first kappa shape index (κ1) is 104. The van der Waals surface area contributed by atoms with Crippen molar-refractivity contribution in [3.05, 3.63) is 272 Å². The third-order valence-corrected chi connectivity index (χ3v) is 30.3. The van der Waals surface area contributed by atoms with Gasteiger partial charge in [0, 0.05) is 157 Å². The van der Waals surface area contributed by atoms with Crippen molar-refractivity contribution in [1.29, 1.82) is 0 Å². The van der Waals surface area contributed by atoms with Crippen LogP contribution in [0.5, 0.6) is 11.6 Å². The molecule has 0 unspecified atom stereocenters. The van der Waals surface area contributed by atoms with E-state index in [1.54, 1.807) is 107 Å². The number of sulfonamides is 2. The Morgan fingerprint density at radius 1 is 0.413 bits per heavy atom. The highest BCUT2D eigenvalue weighted by molar-refractivity contribution is 7.92. The molecule has 0 atom stereocenters. The highest BCUT2D eigenvalue weighted by atomic mass is 32.2. The largest absolute Gasteiger partial charge is 0.495 e. The fourth-order valence-corrected chi connectivity index (χ4v) is 21.8. The van der Waals surface area contributed by atoms with Crippen molar-refractivity contribution in [2.75, 3.05) is 67.8 Å². The first-order chi connectivity index (χ1) is 71.4. The summed E-state index contributed by atoms with van der Waals surface area (Å²) in [6.45, 7) is 5.55. The third kappa shape index (κ3) is 22.3. The minimum absolute atomic E-state index is 0.0337. The maximum atomic E-state index is 14.1. The minimum atomic E-state index is -4.61. The molecule has 0 bridgehead atoms. The summed E-state index contributed by atoms with van der Waals surface area (Å²) in [6.07, 6.45) is 12.2. The number of aromatic nitrogens is 22. The number of imidazole rings is 5. The fraction of sp³-hybridized carbons (Fsp3) is 0.149. The van der Waals surface area contributed by atoms with Gasteiger partial charge in [0.2, 0.25) is 46.6 Å². The molecule has 22 rings (SSSR count). The van der Waals surface area contributed by atoms with Gasteiger partial charge in [0.15, 0.2) is 0 Å². The Bertz CT molecular complexity index is 8910. The highest BCUT2D eigenvalue weighted by Crippen LogP contribution is 2.44. The van der Waals surface area contributed by atoms with Crippen LogP contribution in [0.2, 0.25) is 0 Å². The SMILES string of the molecule is CC(=O)Nc1cccc(-c2nn3c(-c4cnc(N)c(C(C)(F)F)c4)cnc3s2)c1.COc1cncc(-c2nn3c(-c4cnc(N)c(C(C)(F)F)c4)cnc3s2)c1.COc1ncc(-c2nn3c(-c4ccncc4)cnc3s2)cc1NS(=O)(=O)c1ccc(F)cc1F.Cc1ncc(-c2cnc3sc(-c4cccc(S(=O)(=O)N5CCOCC5)c4)nn23)cc1C(F)(F)F.Nc1ncc(-c2nn3c(-c4ccc(F)cc4)cnc3s2)cc1C(F)(F)F. The van der Waals surface area contributed by atoms with Crippen LogP contribution >= 0.6 is 56.7 Å². The number of nitrogens with one attached hydrogen (secondary N) is 2. The standard InChI is InChI=1S/C21H18F3N5O3S2.C21H14F2N6O3S2.C19H16F2N6OS.C17H14F2N6OS.C16H9F4N5S/c1-13-17(21(22,23)24)10-15(11-25-13)18-12-26-20-29(18)27-19(33-20)14-3-2-4-16(9-14)34(30,31)28-5-7-32-8-6-28;1-32-19-16(28-34(30,31)18-3-2-14(22)9-15(18)23)8-13(10-25-19)20-27-29-17(11-26-21(29)33-20)12-4-6-24-7-5-12;1-10(28)25-13-5-3-4-11(6-13)17-26-27-15(9-24-18(27)29-17)12-7-14(19(2,20)21)16(22)23-8-12;1-17(18,19)12-4-9(6-22-14(12)20)13-8-23-16-25(13)24-15(27-16)10-3-11(26-2)7-21-5-10;17-10-3-1-8(2-4-10)12-7-23-15-25(12)24-14(26-15)9-5-11(16(18,19)20)13(21)22-6-9/h2-4,9-12H,5-8H2,1H3;2-11,28H,1H3;3-9H,1-2H3,(H2,22,23)(H,25,28);3-8H,1-2H3,(H2,20,22);1-7H,(H2,21,22). The summed E-state index contributed by atoms with van der Waals surface area (Å²) >= 11 is 6.28. The lowest BCUT2D eigenvalue weighted by Gasteiger charge is -2.26. The molecule has 1 amide bonds. The molecule has 36 nitrogen and oxygen atoms in total. The van der Waals surface area contributed by atoms with E-state index in [-0.39, 0.29) is 80.9 Å². The van der Waals surface area contributed by atoms with Crippen LogP contribution in [0.4, 0.5) is 85.9 Å². The summed E-state index contributed by atoms with van der Waals surface area (Å²) in [4.78, 5) is 62.6. The number of hydrogen-bond donors (Lipinski definition) is 5. The molecule has 150 heavy (non-hydrogen) atoms. The Morgan fingerprint density at radius 3 is 1.29 bits per heavy atom. The number of alkyl halides is 10. The predicted octanol–water partition coefficient (Wildman–Crippen LogP) is 19.9. The van der Waals surface area contributed by atoms with Crippen molar-refractivity contribution in [3.63, 3.8) is 0 Å². The van der Waals surface area contributed by atoms with Gasteiger partial charge in [0.1, 0.15) is 76.3 Å². The Hall–Kier alpha value is -16.4. The lowest BCUT2D eigenvalue weighted by molar-refractivity contribution is -0.138. The van der Waals surface area contributed by atoms with Gasteiger partial charge in [0.05, 0.1) is 120 Å². The molecule has 768 valence electrons. The average Bonchev–Trinajstić information content (AvgIpc) is 1.60. The number of methoxy groups -OCH3 is 2. The van der Waals surface area contributed by atoms with E-state index in [1.165, 1.54) is 159 Å². The van der Waals surface area contributed by atoms with Gasteiger partial charge in [-0.25, -0.2) is 115 Å². The van der Waals surface area contributed by atoms with Crippen LogP contribution in [0.25, 0.3) is 134 Å². The van der Waals surface area contributed by atoms with Crippen LogP contribution in [0, 0.1) is 24.4 Å². The Kier molecular flexibility index (Phi) is 28.8. The predicted molar refractivity (Wildman–Crippen MR) is 534 cm³/mol. The van der Waals surface area contributed by atoms with Gasteiger partial charge < -0.3 is 36.7 Å². The first-order valence-corrected chi connectivity index (χ1v) is 50.5. The molecule has 56 heteroatoms. The molecule has 1 fully saturated rings. The summed E-state index contributed by atoms with van der Waals surface area (Å²) < 4.78 is 253.